The Labute approximate surface area is 188 Å². The first-order valence-corrected chi connectivity index (χ1v) is 12.3. The topological polar surface area (TPSA) is 30.2 Å². The van der Waals surface area contributed by atoms with E-state index >= 15 is 0 Å². The summed E-state index contributed by atoms with van der Waals surface area (Å²) in [4.78, 5) is 6.16. The summed E-state index contributed by atoms with van der Waals surface area (Å²) >= 11 is 1.70. The summed E-state index contributed by atoms with van der Waals surface area (Å²) in [6.45, 7) is 10.7. The second-order valence-corrected chi connectivity index (χ2v) is 9.75. The Bertz CT molecular complexity index is 1210. The van der Waals surface area contributed by atoms with Gasteiger partial charge in [-0.3, -0.25) is 0 Å². The number of rotatable bonds is 8. The van der Waals surface area contributed by atoms with Crippen molar-refractivity contribution in [3.63, 3.8) is 0 Å². The Morgan fingerprint density at radius 3 is 2.42 bits per heavy atom. The van der Waals surface area contributed by atoms with Gasteiger partial charge in [0, 0.05) is 10.3 Å². The molecule has 0 radical (unpaired) electrons. The average molecular weight is 438 g/mol. The Balaban J connectivity index is 1.91. The molecule has 0 aliphatic heterocycles. The molecule has 3 aromatic heterocycles. The van der Waals surface area contributed by atoms with Gasteiger partial charge >= 0.3 is 0 Å². The van der Waals surface area contributed by atoms with Crippen LogP contribution in [0.25, 0.3) is 26.3 Å². The normalized spacial score (nSPS) is 12.0. The van der Waals surface area contributed by atoms with Crippen LogP contribution in [-0.2, 0) is 0 Å². The third kappa shape index (κ3) is 4.12. The predicted molar refractivity (Wildman–Crippen MR) is 130 cm³/mol. The fourth-order valence-corrected chi connectivity index (χ4v) is 5.89. The third-order valence-electron chi connectivity index (χ3n) is 6.27. The largest absolute Gasteiger partial charge is 0.231 e. The van der Waals surface area contributed by atoms with Crippen molar-refractivity contribution in [2.45, 2.75) is 79.1 Å². The maximum Gasteiger partial charge on any atom is 0.158 e. The summed E-state index contributed by atoms with van der Waals surface area (Å²) < 4.78 is 17.0. The molecule has 4 rings (SSSR count). The van der Waals surface area contributed by atoms with Crippen LogP contribution in [0.1, 0.15) is 80.8 Å². The molecule has 0 aliphatic rings. The van der Waals surface area contributed by atoms with Crippen molar-refractivity contribution in [2.24, 2.45) is 0 Å². The second kappa shape index (κ2) is 9.07. The van der Waals surface area contributed by atoms with Crippen molar-refractivity contribution in [3.8, 4) is 10.6 Å². The average Bonchev–Trinajstić information content (AvgIpc) is 3.23. The van der Waals surface area contributed by atoms with E-state index in [0.29, 0.717) is 5.92 Å². The number of fused-ring (bicyclic) bond motifs is 2. The molecule has 0 fully saturated rings. The molecule has 0 spiro atoms. The Hall–Kier alpha value is -2.27. The van der Waals surface area contributed by atoms with Gasteiger partial charge in [0.25, 0.3) is 0 Å². The Kier molecular flexibility index (Phi) is 6.42. The predicted octanol–water partition coefficient (Wildman–Crippen LogP) is 8.14. The van der Waals surface area contributed by atoms with Crippen LogP contribution in [-0.4, -0.2) is 14.6 Å². The Morgan fingerprint density at radius 2 is 1.74 bits per heavy atom. The maximum absolute atomic E-state index is 13.9. The zero-order valence-corrected chi connectivity index (χ0v) is 20.1. The van der Waals surface area contributed by atoms with E-state index in [1.165, 1.54) is 50.2 Å². The highest BCUT2D eigenvalue weighted by atomic mass is 32.1. The minimum atomic E-state index is -0.194. The molecule has 5 heteroatoms. The minimum absolute atomic E-state index is 0.194. The van der Waals surface area contributed by atoms with Gasteiger partial charge in [0.15, 0.2) is 5.65 Å². The molecule has 0 bridgehead atoms. The highest BCUT2D eigenvalue weighted by Crippen LogP contribution is 2.41. The number of aryl methyl sites for hydroxylation is 3. The lowest BCUT2D eigenvalue weighted by molar-refractivity contribution is 0.524. The summed E-state index contributed by atoms with van der Waals surface area (Å²) in [5.41, 5.74) is 6.46. The van der Waals surface area contributed by atoms with Gasteiger partial charge in [0.05, 0.1) is 16.3 Å². The number of thiophene rings is 1. The van der Waals surface area contributed by atoms with E-state index in [1.807, 2.05) is 6.07 Å². The van der Waals surface area contributed by atoms with E-state index in [2.05, 4.69) is 45.2 Å². The van der Waals surface area contributed by atoms with E-state index in [9.17, 15) is 4.39 Å². The van der Waals surface area contributed by atoms with Crippen LogP contribution >= 0.6 is 11.3 Å². The lowest BCUT2D eigenvalue weighted by Crippen LogP contribution is -2.06. The first-order chi connectivity index (χ1) is 14.9. The number of nitrogens with zero attached hydrogens (tertiary/aromatic N) is 3. The molecular weight excluding hydrogens is 405 g/mol. The third-order valence-corrected chi connectivity index (χ3v) is 7.55. The summed E-state index contributed by atoms with van der Waals surface area (Å²) in [6, 6.07) is 7.30. The molecular formula is C26H32FN3S. The van der Waals surface area contributed by atoms with E-state index < -0.39 is 0 Å². The first kappa shape index (κ1) is 21.9. The molecule has 0 saturated heterocycles. The zero-order valence-electron chi connectivity index (χ0n) is 19.3. The van der Waals surface area contributed by atoms with Crippen LogP contribution in [0.5, 0.6) is 0 Å². The van der Waals surface area contributed by atoms with Crippen LogP contribution in [0.15, 0.2) is 24.3 Å². The van der Waals surface area contributed by atoms with Crippen molar-refractivity contribution < 1.29 is 4.39 Å². The number of benzene rings is 1. The molecule has 3 heterocycles. The molecule has 0 amide bonds. The smallest absolute Gasteiger partial charge is 0.158 e. The fraction of sp³-hybridized carbons (Fsp3) is 0.462. The summed E-state index contributed by atoms with van der Waals surface area (Å²) in [7, 11) is 0. The monoisotopic (exact) mass is 437 g/mol. The van der Waals surface area contributed by atoms with Gasteiger partial charge in [-0.15, -0.1) is 11.3 Å². The van der Waals surface area contributed by atoms with Crippen molar-refractivity contribution in [1.29, 1.82) is 0 Å². The van der Waals surface area contributed by atoms with Crippen LogP contribution in [0.4, 0.5) is 4.39 Å². The molecule has 164 valence electrons. The zero-order chi connectivity index (χ0) is 22.1. The van der Waals surface area contributed by atoms with Gasteiger partial charge in [-0.05, 0) is 74.7 Å². The molecule has 1 aromatic carbocycles. The number of hydrogen-bond donors (Lipinski definition) is 0. The lowest BCUT2D eigenvalue weighted by Gasteiger charge is -2.18. The van der Waals surface area contributed by atoms with Crippen LogP contribution in [0.3, 0.4) is 0 Å². The standard InChI is InChI=1S/C26H32FN3S/c1-6-8-10-19(11-9-7-2)22-14-16(3)29-30-24(18(5)28-26(22)30)25-17(4)21-15-20(27)12-13-23(21)31-25/h12-15,19H,6-11H2,1-5H3. The van der Waals surface area contributed by atoms with Crippen molar-refractivity contribution in [3.05, 3.63) is 52.6 Å². The van der Waals surface area contributed by atoms with Crippen LogP contribution in [0, 0.1) is 26.6 Å². The van der Waals surface area contributed by atoms with Crippen LogP contribution in [0.2, 0.25) is 0 Å². The molecule has 0 unspecified atom stereocenters. The number of unbranched alkanes of at least 4 members (excludes halogenated alkanes) is 2. The van der Waals surface area contributed by atoms with Gasteiger partial charge in [-0.2, -0.15) is 5.10 Å². The van der Waals surface area contributed by atoms with E-state index in [-0.39, 0.29) is 5.82 Å². The van der Waals surface area contributed by atoms with Gasteiger partial charge in [0.2, 0.25) is 0 Å². The fourth-order valence-electron chi connectivity index (χ4n) is 4.62. The highest BCUT2D eigenvalue weighted by Gasteiger charge is 2.23. The van der Waals surface area contributed by atoms with Gasteiger partial charge in [-0.1, -0.05) is 39.5 Å². The summed E-state index contributed by atoms with van der Waals surface area (Å²) in [5, 5.41) is 5.87. The lowest BCUT2D eigenvalue weighted by atomic mass is 9.89. The number of halogens is 1. The van der Waals surface area contributed by atoms with Crippen LogP contribution < -0.4 is 0 Å². The van der Waals surface area contributed by atoms with Gasteiger partial charge in [0.1, 0.15) is 11.5 Å². The quantitative estimate of drug-likeness (QED) is 0.278. The van der Waals surface area contributed by atoms with Crippen molar-refractivity contribution >= 4 is 27.1 Å². The molecule has 0 atom stereocenters. The van der Waals surface area contributed by atoms with Gasteiger partial charge in [-0.25, -0.2) is 13.9 Å². The summed E-state index contributed by atoms with van der Waals surface area (Å²) in [6.07, 6.45) is 7.26. The van der Waals surface area contributed by atoms with Gasteiger partial charge < -0.3 is 0 Å². The SMILES string of the molecule is CCCCC(CCCC)c1cc(C)nn2c(-c3sc4ccc(F)cc4c3C)c(C)nc12. The summed E-state index contributed by atoms with van der Waals surface area (Å²) in [5.74, 6) is 0.317. The second-order valence-electron chi connectivity index (χ2n) is 8.70. The van der Waals surface area contributed by atoms with Crippen molar-refractivity contribution in [1.82, 2.24) is 14.6 Å². The molecule has 31 heavy (non-hydrogen) atoms. The number of hydrogen-bond acceptors (Lipinski definition) is 3. The van der Waals surface area contributed by atoms with E-state index in [4.69, 9.17) is 10.1 Å². The number of aromatic nitrogens is 3. The first-order valence-electron chi connectivity index (χ1n) is 11.5. The van der Waals surface area contributed by atoms with Crippen molar-refractivity contribution in [2.75, 3.05) is 0 Å². The van der Waals surface area contributed by atoms with E-state index in [0.717, 1.165) is 43.3 Å². The molecule has 0 saturated carbocycles. The maximum atomic E-state index is 13.9. The molecule has 0 N–H and O–H groups in total. The molecule has 4 aromatic rings. The minimum Gasteiger partial charge on any atom is -0.231 e. The molecule has 3 nitrogen and oxygen atoms in total. The number of imidazole rings is 1. The van der Waals surface area contributed by atoms with E-state index in [1.54, 1.807) is 17.4 Å². The Morgan fingerprint density at radius 1 is 1.03 bits per heavy atom. The molecule has 0 aliphatic carbocycles. The highest BCUT2D eigenvalue weighted by molar-refractivity contribution is 7.22.